The summed E-state index contributed by atoms with van der Waals surface area (Å²) >= 11 is 2.84. The van der Waals surface area contributed by atoms with Gasteiger partial charge in [-0.3, -0.25) is 4.79 Å². The van der Waals surface area contributed by atoms with E-state index < -0.39 is 0 Å². The minimum Gasteiger partial charge on any atom is -0.374 e. The van der Waals surface area contributed by atoms with Crippen LogP contribution in [0, 0.1) is 0 Å². The van der Waals surface area contributed by atoms with Crippen LogP contribution in [0.2, 0.25) is 0 Å². The van der Waals surface area contributed by atoms with E-state index >= 15 is 0 Å². The van der Waals surface area contributed by atoms with Crippen LogP contribution in [-0.2, 0) is 4.79 Å². The van der Waals surface area contributed by atoms with Crippen LogP contribution in [-0.4, -0.2) is 38.8 Å². The number of aromatic nitrogens is 2. The van der Waals surface area contributed by atoms with Gasteiger partial charge in [0.25, 0.3) is 0 Å². The zero-order valence-corrected chi connectivity index (χ0v) is 15.2. The van der Waals surface area contributed by atoms with E-state index in [1.165, 1.54) is 87.3 Å². The lowest BCUT2D eigenvalue weighted by Crippen LogP contribution is -2.49. The molecular formula is C16H26N4OS2. The van der Waals surface area contributed by atoms with Crippen LogP contribution in [0.1, 0.15) is 64.2 Å². The van der Waals surface area contributed by atoms with Gasteiger partial charge in [-0.25, -0.2) is 0 Å². The smallest absolute Gasteiger partial charge is 0.233 e. The first-order valence-corrected chi connectivity index (χ1v) is 10.6. The number of hydrogen-bond donors (Lipinski definition) is 1. The molecule has 0 unspecified atom stereocenters. The Morgan fingerprint density at radius 2 is 1.61 bits per heavy atom. The Morgan fingerprint density at radius 3 is 2.09 bits per heavy atom. The topological polar surface area (TPSA) is 72.1 Å². The van der Waals surface area contributed by atoms with Crippen molar-refractivity contribution >= 4 is 34.1 Å². The van der Waals surface area contributed by atoms with Gasteiger partial charge >= 0.3 is 0 Å². The van der Waals surface area contributed by atoms with E-state index in [1.807, 2.05) is 0 Å². The van der Waals surface area contributed by atoms with E-state index in [4.69, 9.17) is 5.73 Å². The standard InChI is InChI=1S/C16H26N4OS2/c17-15-18-19-16(23-15)22-11-14(21)20(12-7-3-1-4-8-12)13-9-5-2-6-10-13/h12-13H,1-11H2,(H2,17,18). The Hall–Kier alpha value is -0.820. The fourth-order valence-corrected chi connectivity index (χ4v) is 5.41. The van der Waals surface area contributed by atoms with Crippen molar-refractivity contribution in [3.8, 4) is 0 Å². The number of amides is 1. The second-order valence-electron chi connectivity index (χ2n) is 6.58. The third-order valence-corrected chi connectivity index (χ3v) is 6.84. The highest BCUT2D eigenvalue weighted by Crippen LogP contribution is 2.32. The molecule has 0 aliphatic heterocycles. The normalized spacial score (nSPS) is 20.5. The molecule has 7 heteroatoms. The number of carbonyl (C=O) groups is 1. The number of nitrogens with zero attached hydrogens (tertiary/aromatic N) is 3. The summed E-state index contributed by atoms with van der Waals surface area (Å²) < 4.78 is 0.795. The van der Waals surface area contributed by atoms with Gasteiger partial charge in [0.2, 0.25) is 11.0 Å². The first-order valence-electron chi connectivity index (χ1n) is 8.77. The van der Waals surface area contributed by atoms with Crippen molar-refractivity contribution in [1.29, 1.82) is 0 Å². The molecule has 2 N–H and O–H groups in total. The zero-order chi connectivity index (χ0) is 16.1. The van der Waals surface area contributed by atoms with Crippen LogP contribution in [0.3, 0.4) is 0 Å². The maximum Gasteiger partial charge on any atom is 0.233 e. The molecule has 2 aliphatic carbocycles. The average Bonchev–Trinajstić information content (AvgIpc) is 3.01. The predicted molar refractivity (Wildman–Crippen MR) is 95.6 cm³/mol. The lowest BCUT2D eigenvalue weighted by Gasteiger charge is -2.41. The van der Waals surface area contributed by atoms with Crippen molar-refractivity contribution < 1.29 is 4.79 Å². The summed E-state index contributed by atoms with van der Waals surface area (Å²) in [5.41, 5.74) is 5.61. The summed E-state index contributed by atoms with van der Waals surface area (Å²) in [6, 6.07) is 0.916. The largest absolute Gasteiger partial charge is 0.374 e. The molecule has 23 heavy (non-hydrogen) atoms. The van der Waals surface area contributed by atoms with Crippen LogP contribution >= 0.6 is 23.1 Å². The van der Waals surface area contributed by atoms with Crippen molar-refractivity contribution in [2.45, 2.75) is 80.6 Å². The first kappa shape index (κ1) is 17.0. The maximum atomic E-state index is 13.0. The third-order valence-electron chi connectivity index (χ3n) is 4.97. The number of hydrogen-bond acceptors (Lipinski definition) is 6. The Kier molecular flexibility index (Phi) is 6.16. The quantitative estimate of drug-likeness (QED) is 0.816. The Morgan fingerprint density at radius 1 is 1.04 bits per heavy atom. The van der Waals surface area contributed by atoms with E-state index in [-0.39, 0.29) is 5.91 Å². The molecule has 2 saturated carbocycles. The molecule has 2 aliphatic rings. The van der Waals surface area contributed by atoms with Crippen molar-refractivity contribution in [1.82, 2.24) is 15.1 Å². The molecule has 0 spiro atoms. The SMILES string of the molecule is Nc1nnc(SCC(=O)N(C2CCCCC2)C2CCCCC2)s1. The highest BCUT2D eigenvalue weighted by molar-refractivity contribution is 8.01. The van der Waals surface area contributed by atoms with Crippen molar-refractivity contribution in [3.05, 3.63) is 0 Å². The van der Waals surface area contributed by atoms with Gasteiger partial charge in [-0.1, -0.05) is 61.6 Å². The van der Waals surface area contributed by atoms with Gasteiger partial charge in [-0.05, 0) is 25.7 Å². The number of carbonyl (C=O) groups excluding carboxylic acids is 1. The Balaban J connectivity index is 1.64. The Bertz CT molecular complexity index is 492. The highest BCUT2D eigenvalue weighted by Gasteiger charge is 2.32. The molecule has 3 rings (SSSR count). The molecule has 1 aromatic heterocycles. The molecule has 2 fully saturated rings. The van der Waals surface area contributed by atoms with Gasteiger partial charge in [0.15, 0.2) is 4.34 Å². The minimum absolute atomic E-state index is 0.280. The summed E-state index contributed by atoms with van der Waals surface area (Å²) in [5.74, 6) is 0.740. The molecule has 0 saturated heterocycles. The molecule has 0 bridgehead atoms. The molecule has 0 aromatic carbocycles. The number of anilines is 1. The molecule has 1 amide bonds. The van der Waals surface area contributed by atoms with Gasteiger partial charge in [-0.15, -0.1) is 10.2 Å². The lowest BCUT2D eigenvalue weighted by molar-refractivity contribution is -0.135. The van der Waals surface area contributed by atoms with Crippen molar-refractivity contribution in [2.75, 3.05) is 11.5 Å². The minimum atomic E-state index is 0.280. The predicted octanol–water partition coefficient (Wildman–Crippen LogP) is 3.71. The molecule has 1 heterocycles. The van der Waals surface area contributed by atoms with E-state index in [0.717, 1.165) is 4.34 Å². The number of thioether (sulfide) groups is 1. The molecule has 0 radical (unpaired) electrons. The number of rotatable bonds is 5. The van der Waals surface area contributed by atoms with E-state index in [9.17, 15) is 4.79 Å². The van der Waals surface area contributed by atoms with E-state index in [2.05, 4.69) is 15.1 Å². The molecular weight excluding hydrogens is 328 g/mol. The fourth-order valence-electron chi connectivity index (χ4n) is 3.90. The van der Waals surface area contributed by atoms with Crippen molar-refractivity contribution in [2.24, 2.45) is 0 Å². The second kappa shape index (κ2) is 8.33. The lowest BCUT2D eigenvalue weighted by atomic mass is 9.88. The second-order valence-corrected chi connectivity index (χ2v) is 8.81. The Labute approximate surface area is 146 Å². The van der Waals surface area contributed by atoms with Crippen LogP contribution in [0.5, 0.6) is 0 Å². The van der Waals surface area contributed by atoms with Crippen molar-refractivity contribution in [3.63, 3.8) is 0 Å². The van der Waals surface area contributed by atoms with Crippen LogP contribution < -0.4 is 5.73 Å². The number of nitrogen functional groups attached to an aromatic ring is 1. The third kappa shape index (κ3) is 4.59. The van der Waals surface area contributed by atoms with Crippen LogP contribution in [0.25, 0.3) is 0 Å². The molecule has 1 aromatic rings. The zero-order valence-electron chi connectivity index (χ0n) is 13.6. The highest BCUT2D eigenvalue weighted by atomic mass is 32.2. The molecule has 5 nitrogen and oxygen atoms in total. The molecule has 0 atom stereocenters. The van der Waals surface area contributed by atoms with Gasteiger partial charge in [0.05, 0.1) is 5.75 Å². The first-order chi connectivity index (χ1) is 11.2. The summed E-state index contributed by atoms with van der Waals surface area (Å²) in [7, 11) is 0. The van der Waals surface area contributed by atoms with Gasteiger partial charge in [-0.2, -0.15) is 0 Å². The molecule has 128 valence electrons. The monoisotopic (exact) mass is 354 g/mol. The van der Waals surface area contributed by atoms with Crippen LogP contribution in [0.4, 0.5) is 5.13 Å². The van der Waals surface area contributed by atoms with E-state index in [0.29, 0.717) is 23.0 Å². The van der Waals surface area contributed by atoms with Gasteiger partial charge in [0.1, 0.15) is 0 Å². The summed E-state index contributed by atoms with van der Waals surface area (Å²) in [5, 5.41) is 8.30. The average molecular weight is 355 g/mol. The maximum absolute atomic E-state index is 13.0. The van der Waals surface area contributed by atoms with Gasteiger partial charge < -0.3 is 10.6 Å². The van der Waals surface area contributed by atoms with Crippen LogP contribution in [0.15, 0.2) is 4.34 Å². The fraction of sp³-hybridized carbons (Fsp3) is 0.812. The summed E-state index contributed by atoms with van der Waals surface area (Å²) in [6.45, 7) is 0. The van der Waals surface area contributed by atoms with Gasteiger partial charge in [0, 0.05) is 12.1 Å². The number of nitrogens with two attached hydrogens (primary N) is 1. The summed E-state index contributed by atoms with van der Waals surface area (Å²) in [6.07, 6.45) is 12.4. The summed E-state index contributed by atoms with van der Waals surface area (Å²) in [4.78, 5) is 15.2. The van der Waals surface area contributed by atoms with E-state index in [1.54, 1.807) is 0 Å².